The second kappa shape index (κ2) is 4.75. The van der Waals surface area contributed by atoms with E-state index in [1.807, 2.05) is 4.90 Å². The maximum Gasteiger partial charge on any atom is 0.239 e. The summed E-state index contributed by atoms with van der Waals surface area (Å²) in [6.07, 6.45) is 1.11. The van der Waals surface area contributed by atoms with E-state index in [2.05, 4.69) is 19.0 Å². The average molecular weight is 199 g/mol. The number of rotatable bonds is 3. The molecule has 1 amide bonds. The van der Waals surface area contributed by atoms with Gasteiger partial charge in [0.15, 0.2) is 0 Å². The Labute approximate surface area is 86.0 Å². The van der Waals surface area contributed by atoms with Gasteiger partial charge in [-0.15, -0.1) is 0 Å². The van der Waals surface area contributed by atoms with Crippen LogP contribution in [-0.4, -0.2) is 55.5 Å². The molecule has 1 aliphatic heterocycles. The molecule has 14 heavy (non-hydrogen) atoms. The standard InChI is InChI=1S/C10H21N3O/c1-8(11)10(14)13-5-4-9(7-13)6-12(2)3/h8-9H,4-7,11H2,1-3H3/t8-,9?/m0/s1. The fourth-order valence-electron chi connectivity index (χ4n) is 1.99. The summed E-state index contributed by atoms with van der Waals surface area (Å²) in [4.78, 5) is 15.6. The Hall–Kier alpha value is -0.610. The molecule has 4 nitrogen and oxygen atoms in total. The highest BCUT2D eigenvalue weighted by atomic mass is 16.2. The molecule has 1 rings (SSSR count). The zero-order valence-electron chi connectivity index (χ0n) is 9.36. The SMILES string of the molecule is C[C@H](N)C(=O)N1CCC(CN(C)C)C1. The summed E-state index contributed by atoms with van der Waals surface area (Å²) in [5.74, 6) is 0.707. The molecule has 0 aliphatic carbocycles. The Morgan fingerprint density at radius 3 is 2.79 bits per heavy atom. The topological polar surface area (TPSA) is 49.6 Å². The predicted molar refractivity (Wildman–Crippen MR) is 56.9 cm³/mol. The minimum Gasteiger partial charge on any atom is -0.341 e. The van der Waals surface area contributed by atoms with Crippen molar-refractivity contribution < 1.29 is 4.79 Å². The fraction of sp³-hybridized carbons (Fsp3) is 0.900. The van der Waals surface area contributed by atoms with Crippen LogP contribution in [0.5, 0.6) is 0 Å². The number of nitrogens with two attached hydrogens (primary N) is 1. The van der Waals surface area contributed by atoms with Crippen LogP contribution in [0.4, 0.5) is 0 Å². The molecule has 0 aromatic carbocycles. The van der Waals surface area contributed by atoms with Crippen molar-refractivity contribution in [2.45, 2.75) is 19.4 Å². The third kappa shape index (κ3) is 2.96. The maximum atomic E-state index is 11.6. The highest BCUT2D eigenvalue weighted by Gasteiger charge is 2.27. The molecule has 0 aromatic heterocycles. The molecule has 1 fully saturated rings. The lowest BCUT2D eigenvalue weighted by Crippen LogP contribution is -2.41. The molecule has 1 unspecified atom stereocenters. The van der Waals surface area contributed by atoms with Crippen LogP contribution in [0.2, 0.25) is 0 Å². The third-order valence-corrected chi connectivity index (χ3v) is 2.61. The van der Waals surface area contributed by atoms with E-state index >= 15 is 0 Å². The lowest BCUT2D eigenvalue weighted by Gasteiger charge is -2.19. The molecule has 0 spiro atoms. The molecule has 0 saturated carbocycles. The summed E-state index contributed by atoms with van der Waals surface area (Å²) in [5.41, 5.74) is 5.56. The van der Waals surface area contributed by atoms with Gasteiger partial charge in [0.25, 0.3) is 0 Å². The Bertz CT molecular complexity index is 204. The van der Waals surface area contributed by atoms with Gasteiger partial charge in [0.2, 0.25) is 5.91 Å². The number of nitrogens with zero attached hydrogens (tertiary/aromatic N) is 2. The van der Waals surface area contributed by atoms with Gasteiger partial charge < -0.3 is 15.5 Å². The first-order valence-corrected chi connectivity index (χ1v) is 5.19. The van der Waals surface area contributed by atoms with Gasteiger partial charge in [0.1, 0.15) is 0 Å². The second-order valence-corrected chi connectivity index (χ2v) is 4.49. The van der Waals surface area contributed by atoms with Crippen LogP contribution in [0, 0.1) is 5.92 Å². The Morgan fingerprint density at radius 1 is 1.64 bits per heavy atom. The first kappa shape index (κ1) is 11.5. The van der Waals surface area contributed by atoms with Gasteiger partial charge in [-0.25, -0.2) is 0 Å². The van der Waals surface area contributed by atoms with E-state index in [1.165, 1.54) is 0 Å². The Kier molecular flexibility index (Phi) is 3.89. The Balaban J connectivity index is 2.37. The molecule has 82 valence electrons. The van der Waals surface area contributed by atoms with Crippen molar-refractivity contribution in [3.05, 3.63) is 0 Å². The van der Waals surface area contributed by atoms with Crippen LogP contribution < -0.4 is 5.73 Å². The Morgan fingerprint density at radius 2 is 2.29 bits per heavy atom. The zero-order chi connectivity index (χ0) is 10.7. The number of likely N-dealkylation sites (tertiary alicyclic amines) is 1. The van der Waals surface area contributed by atoms with Gasteiger partial charge in [0, 0.05) is 19.6 Å². The largest absolute Gasteiger partial charge is 0.341 e. The quantitative estimate of drug-likeness (QED) is 0.681. The van der Waals surface area contributed by atoms with Crippen LogP contribution >= 0.6 is 0 Å². The molecular formula is C10H21N3O. The van der Waals surface area contributed by atoms with Crippen LogP contribution in [0.1, 0.15) is 13.3 Å². The van der Waals surface area contributed by atoms with Crippen molar-refractivity contribution in [2.24, 2.45) is 11.7 Å². The molecular weight excluding hydrogens is 178 g/mol. The highest BCUT2D eigenvalue weighted by Crippen LogP contribution is 2.17. The van der Waals surface area contributed by atoms with Crippen molar-refractivity contribution >= 4 is 5.91 Å². The number of carbonyl (C=O) groups excluding carboxylic acids is 1. The van der Waals surface area contributed by atoms with E-state index in [9.17, 15) is 4.79 Å². The lowest BCUT2D eigenvalue weighted by atomic mass is 10.1. The van der Waals surface area contributed by atoms with E-state index in [0.29, 0.717) is 5.92 Å². The minimum absolute atomic E-state index is 0.0891. The van der Waals surface area contributed by atoms with Gasteiger partial charge >= 0.3 is 0 Å². The highest BCUT2D eigenvalue weighted by molar-refractivity contribution is 5.81. The second-order valence-electron chi connectivity index (χ2n) is 4.49. The van der Waals surface area contributed by atoms with Gasteiger partial charge in [-0.05, 0) is 33.4 Å². The molecule has 2 N–H and O–H groups in total. The first-order chi connectivity index (χ1) is 6.50. The van der Waals surface area contributed by atoms with Crippen molar-refractivity contribution in [2.75, 3.05) is 33.7 Å². The molecule has 1 saturated heterocycles. The number of hydrogen-bond donors (Lipinski definition) is 1. The third-order valence-electron chi connectivity index (χ3n) is 2.61. The van der Waals surface area contributed by atoms with E-state index in [0.717, 1.165) is 26.1 Å². The maximum absolute atomic E-state index is 11.6. The summed E-state index contributed by atoms with van der Waals surface area (Å²) >= 11 is 0. The number of carbonyl (C=O) groups is 1. The molecule has 1 heterocycles. The van der Waals surface area contributed by atoms with Crippen LogP contribution in [0.15, 0.2) is 0 Å². The minimum atomic E-state index is -0.354. The van der Waals surface area contributed by atoms with Gasteiger partial charge in [0.05, 0.1) is 6.04 Å². The smallest absolute Gasteiger partial charge is 0.239 e. The van der Waals surface area contributed by atoms with E-state index in [1.54, 1.807) is 6.92 Å². The van der Waals surface area contributed by atoms with Gasteiger partial charge in [-0.1, -0.05) is 0 Å². The molecule has 0 aromatic rings. The molecule has 0 radical (unpaired) electrons. The van der Waals surface area contributed by atoms with E-state index in [4.69, 9.17) is 5.73 Å². The van der Waals surface area contributed by atoms with Crippen LogP contribution in [0.3, 0.4) is 0 Å². The molecule has 4 heteroatoms. The number of hydrogen-bond acceptors (Lipinski definition) is 3. The molecule has 1 aliphatic rings. The van der Waals surface area contributed by atoms with Gasteiger partial charge in [-0.2, -0.15) is 0 Å². The number of amides is 1. The fourth-order valence-corrected chi connectivity index (χ4v) is 1.99. The first-order valence-electron chi connectivity index (χ1n) is 5.19. The van der Waals surface area contributed by atoms with Crippen LogP contribution in [-0.2, 0) is 4.79 Å². The summed E-state index contributed by atoms with van der Waals surface area (Å²) < 4.78 is 0. The molecule has 0 bridgehead atoms. The van der Waals surface area contributed by atoms with Gasteiger partial charge in [-0.3, -0.25) is 4.79 Å². The monoisotopic (exact) mass is 199 g/mol. The predicted octanol–water partition coefficient (Wildman–Crippen LogP) is -0.256. The van der Waals surface area contributed by atoms with Crippen molar-refractivity contribution in [1.82, 2.24) is 9.80 Å². The van der Waals surface area contributed by atoms with E-state index in [-0.39, 0.29) is 11.9 Å². The summed E-state index contributed by atoms with van der Waals surface area (Å²) in [7, 11) is 4.13. The van der Waals surface area contributed by atoms with E-state index < -0.39 is 0 Å². The van der Waals surface area contributed by atoms with Crippen molar-refractivity contribution in [3.8, 4) is 0 Å². The summed E-state index contributed by atoms with van der Waals surface area (Å²) in [5, 5.41) is 0. The molecule has 2 atom stereocenters. The zero-order valence-corrected chi connectivity index (χ0v) is 9.36. The average Bonchev–Trinajstić information content (AvgIpc) is 2.50. The lowest BCUT2D eigenvalue weighted by molar-refractivity contribution is -0.131. The van der Waals surface area contributed by atoms with Crippen LogP contribution in [0.25, 0.3) is 0 Å². The van der Waals surface area contributed by atoms with Crippen molar-refractivity contribution in [3.63, 3.8) is 0 Å². The summed E-state index contributed by atoms with van der Waals surface area (Å²) in [6.45, 7) is 4.56. The summed E-state index contributed by atoms with van der Waals surface area (Å²) in [6, 6.07) is -0.354. The normalized spacial score (nSPS) is 24.4. The van der Waals surface area contributed by atoms with Crippen molar-refractivity contribution in [1.29, 1.82) is 0 Å².